The monoisotopic (exact) mass is 570 g/mol. The Labute approximate surface area is 258 Å². The molecule has 0 fully saturated rings. The molecule has 2 aliphatic heterocycles. The minimum atomic E-state index is 0.380. The Balaban J connectivity index is 1.33. The van der Waals surface area contributed by atoms with E-state index in [1.54, 1.807) is 11.1 Å². The minimum absolute atomic E-state index is 0.380. The summed E-state index contributed by atoms with van der Waals surface area (Å²) in [5, 5.41) is 0. The second kappa shape index (κ2) is 11.0. The Kier molecular flexibility index (Phi) is 7.12. The van der Waals surface area contributed by atoms with E-state index in [2.05, 4.69) is 152 Å². The van der Waals surface area contributed by atoms with Gasteiger partial charge in [-0.05, 0) is 93.0 Å². The summed E-state index contributed by atoms with van der Waals surface area (Å²) in [4.78, 5) is 10.4. The van der Waals surface area contributed by atoms with Crippen LogP contribution in [0, 0.1) is 11.8 Å². The number of fused-ring (bicyclic) bond motifs is 2. The second-order valence-corrected chi connectivity index (χ2v) is 13.4. The normalized spacial score (nSPS) is 24.1. The van der Waals surface area contributed by atoms with Crippen LogP contribution in [0.4, 0.5) is 11.4 Å². The average Bonchev–Trinajstić information content (AvgIpc) is 3.56. The predicted octanol–water partition coefficient (Wildman–Crippen LogP) is 8.16. The molecule has 43 heavy (non-hydrogen) atoms. The van der Waals surface area contributed by atoms with Gasteiger partial charge < -0.3 is 19.6 Å². The number of hydrogen-bond donors (Lipinski definition) is 0. The fraction of sp³-hybridized carbons (Fsp3) is 0.385. The van der Waals surface area contributed by atoms with Gasteiger partial charge in [0.05, 0.1) is 36.1 Å². The molecule has 5 aliphatic rings. The zero-order chi connectivity index (χ0) is 29.8. The largest absolute Gasteiger partial charge is 0.352 e. The van der Waals surface area contributed by atoms with Crippen LogP contribution in [0.25, 0.3) is 0 Å². The van der Waals surface area contributed by atoms with E-state index in [-0.39, 0.29) is 0 Å². The summed E-state index contributed by atoms with van der Waals surface area (Å²) in [5.74, 6) is 1.73. The van der Waals surface area contributed by atoms with Crippen LogP contribution in [0.5, 0.6) is 0 Å². The molecule has 2 atom stereocenters. The van der Waals surface area contributed by atoms with Crippen molar-refractivity contribution in [2.45, 2.75) is 58.5 Å². The zero-order valence-electron chi connectivity index (χ0n) is 26.4. The molecule has 0 spiro atoms. The lowest BCUT2D eigenvalue weighted by molar-refractivity contribution is 0.145. The van der Waals surface area contributed by atoms with Gasteiger partial charge in [0, 0.05) is 37.0 Å². The Bertz CT molecular complexity index is 1530. The van der Waals surface area contributed by atoms with E-state index in [9.17, 15) is 0 Å². The first-order valence-electron chi connectivity index (χ1n) is 16.2. The van der Waals surface area contributed by atoms with Gasteiger partial charge in [-0.25, -0.2) is 0 Å². The summed E-state index contributed by atoms with van der Waals surface area (Å²) in [6, 6.07) is 28.6. The van der Waals surface area contributed by atoms with Crippen LogP contribution >= 0.6 is 0 Å². The molecule has 3 aromatic carbocycles. The van der Waals surface area contributed by atoms with Gasteiger partial charge in [0.15, 0.2) is 0 Å². The summed E-state index contributed by atoms with van der Waals surface area (Å²) >= 11 is 0. The van der Waals surface area contributed by atoms with Gasteiger partial charge in [-0.2, -0.15) is 0 Å². The van der Waals surface area contributed by atoms with Crippen molar-refractivity contribution in [2.75, 3.05) is 36.2 Å². The molecule has 2 bridgehead atoms. The standard InChI is InChI=1S/C39H46N4/c1-7-15-36-34(8-2)40(24-42(36)26(3)4)22-32-33(23-41-25-43(27(5)6)37-21-14-13-20-35(37)41)39-30-18-11-9-16-28(30)38(32)29-17-10-12-19-31(29)39/h7-21,26-27,32-33,38-39H,2,22-25H2,1,3-6H3/b15-7-. The molecular formula is C39H46N4. The maximum Gasteiger partial charge on any atom is 0.0906 e. The van der Waals surface area contributed by atoms with Crippen molar-refractivity contribution in [3.05, 3.63) is 131 Å². The van der Waals surface area contributed by atoms with Crippen molar-refractivity contribution in [1.82, 2.24) is 9.80 Å². The number of hydrogen-bond acceptors (Lipinski definition) is 4. The highest BCUT2D eigenvalue weighted by atomic mass is 15.4. The maximum absolute atomic E-state index is 4.31. The van der Waals surface area contributed by atoms with E-state index in [1.165, 1.54) is 33.9 Å². The van der Waals surface area contributed by atoms with Crippen molar-refractivity contribution in [3.63, 3.8) is 0 Å². The number of benzene rings is 3. The van der Waals surface area contributed by atoms with Crippen LogP contribution in [0.15, 0.2) is 109 Å². The van der Waals surface area contributed by atoms with E-state index >= 15 is 0 Å². The van der Waals surface area contributed by atoms with Gasteiger partial charge in [-0.1, -0.05) is 73.3 Å². The van der Waals surface area contributed by atoms with Crippen molar-refractivity contribution in [1.29, 1.82) is 0 Å². The third kappa shape index (κ3) is 4.41. The maximum atomic E-state index is 4.31. The van der Waals surface area contributed by atoms with E-state index in [0.717, 1.165) is 26.4 Å². The minimum Gasteiger partial charge on any atom is -0.352 e. The number of para-hydroxylation sites is 2. The van der Waals surface area contributed by atoms with Gasteiger partial charge in [0.2, 0.25) is 0 Å². The number of nitrogens with zero attached hydrogens (tertiary/aromatic N) is 4. The smallest absolute Gasteiger partial charge is 0.0906 e. The topological polar surface area (TPSA) is 13.0 Å². The first-order chi connectivity index (χ1) is 20.9. The Morgan fingerprint density at radius 3 is 1.60 bits per heavy atom. The molecule has 0 amide bonds. The molecule has 4 heteroatoms. The van der Waals surface area contributed by atoms with Crippen LogP contribution in [-0.2, 0) is 0 Å². The molecule has 0 aromatic heterocycles. The van der Waals surface area contributed by atoms with Crippen molar-refractivity contribution in [3.8, 4) is 0 Å². The highest BCUT2D eigenvalue weighted by Gasteiger charge is 2.51. The van der Waals surface area contributed by atoms with Crippen LogP contribution < -0.4 is 9.80 Å². The van der Waals surface area contributed by atoms with Crippen molar-refractivity contribution < 1.29 is 0 Å². The van der Waals surface area contributed by atoms with Gasteiger partial charge in [-0.3, -0.25) is 0 Å². The molecule has 3 aliphatic carbocycles. The highest BCUT2D eigenvalue weighted by Crippen LogP contribution is 2.59. The Hall–Kier alpha value is -3.92. The Morgan fingerprint density at radius 2 is 1.12 bits per heavy atom. The molecule has 4 nitrogen and oxygen atoms in total. The number of anilines is 2. The van der Waals surface area contributed by atoms with Gasteiger partial charge in [0.25, 0.3) is 0 Å². The molecule has 8 rings (SSSR count). The molecule has 3 aromatic rings. The van der Waals surface area contributed by atoms with E-state index in [4.69, 9.17) is 0 Å². The zero-order valence-corrected chi connectivity index (χ0v) is 26.4. The molecule has 222 valence electrons. The fourth-order valence-corrected chi connectivity index (χ4v) is 8.62. The summed E-state index contributed by atoms with van der Waals surface area (Å²) < 4.78 is 0. The molecular weight excluding hydrogens is 524 g/mol. The summed E-state index contributed by atoms with van der Waals surface area (Å²) in [6.45, 7) is 19.6. The molecule has 2 unspecified atom stereocenters. The lowest BCUT2D eigenvalue weighted by Crippen LogP contribution is -2.50. The molecule has 0 radical (unpaired) electrons. The second-order valence-electron chi connectivity index (χ2n) is 13.4. The van der Waals surface area contributed by atoms with Crippen LogP contribution in [0.1, 0.15) is 68.7 Å². The highest BCUT2D eigenvalue weighted by molar-refractivity contribution is 5.76. The lowest BCUT2D eigenvalue weighted by Gasteiger charge is -2.53. The summed E-state index contributed by atoms with van der Waals surface area (Å²) in [5.41, 5.74) is 11.5. The Morgan fingerprint density at radius 1 is 0.651 bits per heavy atom. The third-order valence-corrected chi connectivity index (χ3v) is 10.5. The van der Waals surface area contributed by atoms with Crippen molar-refractivity contribution >= 4 is 11.4 Å². The first-order valence-corrected chi connectivity index (χ1v) is 16.2. The quantitative estimate of drug-likeness (QED) is 0.271. The van der Waals surface area contributed by atoms with Crippen LogP contribution in [0.3, 0.4) is 0 Å². The van der Waals surface area contributed by atoms with Crippen LogP contribution in [0.2, 0.25) is 0 Å². The van der Waals surface area contributed by atoms with E-state index in [0.29, 0.717) is 35.8 Å². The van der Waals surface area contributed by atoms with Gasteiger partial charge >= 0.3 is 0 Å². The molecule has 0 saturated heterocycles. The SMILES string of the molecule is C=CC1=C(/C=C\C)N(C(C)C)CN1CC1C2c3ccccc3C(c3ccccc32)C1CN1CN(C(C)C)c2ccccc21. The molecule has 0 saturated carbocycles. The molecule has 2 heterocycles. The van der Waals surface area contributed by atoms with Gasteiger partial charge in [-0.15, -0.1) is 0 Å². The predicted molar refractivity (Wildman–Crippen MR) is 180 cm³/mol. The van der Waals surface area contributed by atoms with Crippen LogP contribution in [-0.4, -0.2) is 48.3 Å². The number of allylic oxidation sites excluding steroid dienone is 3. The average molecular weight is 571 g/mol. The first kappa shape index (κ1) is 27.9. The molecule has 0 N–H and O–H groups in total. The van der Waals surface area contributed by atoms with Gasteiger partial charge in [0.1, 0.15) is 0 Å². The summed E-state index contributed by atoms with van der Waals surface area (Å²) in [7, 11) is 0. The van der Waals surface area contributed by atoms with E-state index in [1.807, 2.05) is 0 Å². The third-order valence-electron chi connectivity index (χ3n) is 10.5. The van der Waals surface area contributed by atoms with E-state index < -0.39 is 0 Å². The van der Waals surface area contributed by atoms with Crippen molar-refractivity contribution in [2.24, 2.45) is 11.8 Å². The number of rotatable bonds is 8. The fourth-order valence-electron chi connectivity index (χ4n) is 8.62. The lowest BCUT2D eigenvalue weighted by atomic mass is 9.54. The summed E-state index contributed by atoms with van der Waals surface area (Å²) in [6.07, 6.45) is 6.53.